The van der Waals surface area contributed by atoms with E-state index in [4.69, 9.17) is 28.3 Å². The molecule has 1 heterocycles. The second kappa shape index (κ2) is 3.87. The molecule has 0 aliphatic heterocycles. The van der Waals surface area contributed by atoms with Gasteiger partial charge in [0.2, 0.25) is 0 Å². The van der Waals surface area contributed by atoms with E-state index in [-0.39, 0.29) is 12.0 Å². The van der Waals surface area contributed by atoms with Crippen LogP contribution in [-0.2, 0) is 0 Å². The molecule has 1 aliphatic carbocycles. The number of aromatic nitrogens is 1. The molecule has 15 heavy (non-hydrogen) atoms. The zero-order valence-corrected chi connectivity index (χ0v) is 9.09. The first kappa shape index (κ1) is 10.5. The van der Waals surface area contributed by atoms with Gasteiger partial charge in [0.1, 0.15) is 0 Å². The van der Waals surface area contributed by atoms with Crippen LogP contribution in [0.4, 0.5) is 4.79 Å². The number of amides is 1. The Balaban J connectivity index is 2.10. The standard InChI is InChI=1S/C9H8Cl2N2O2/c10-4-1-6(11)8(12-3-4)5-2-7(5)13-9(14)15/h1,3,5,7,13H,2H2,(H,14,15). The van der Waals surface area contributed by atoms with Gasteiger partial charge in [-0.25, -0.2) is 4.79 Å². The van der Waals surface area contributed by atoms with Crippen molar-refractivity contribution in [1.29, 1.82) is 0 Å². The van der Waals surface area contributed by atoms with Crippen LogP contribution >= 0.6 is 23.2 Å². The van der Waals surface area contributed by atoms with E-state index in [1.165, 1.54) is 6.20 Å². The molecule has 2 rings (SSSR count). The predicted molar refractivity (Wildman–Crippen MR) is 56.6 cm³/mol. The van der Waals surface area contributed by atoms with Crippen LogP contribution in [0.25, 0.3) is 0 Å². The molecule has 2 unspecified atom stereocenters. The Labute approximate surface area is 96.2 Å². The molecule has 0 radical (unpaired) electrons. The van der Waals surface area contributed by atoms with Gasteiger partial charge in [0, 0.05) is 18.2 Å². The minimum absolute atomic E-state index is 0.0749. The van der Waals surface area contributed by atoms with E-state index in [9.17, 15) is 4.79 Å². The molecule has 0 saturated heterocycles. The van der Waals surface area contributed by atoms with Crippen LogP contribution in [0.2, 0.25) is 10.0 Å². The van der Waals surface area contributed by atoms with E-state index < -0.39 is 6.09 Å². The lowest BCUT2D eigenvalue weighted by Crippen LogP contribution is -2.24. The van der Waals surface area contributed by atoms with Gasteiger partial charge < -0.3 is 10.4 Å². The molecule has 1 aromatic rings. The highest BCUT2D eigenvalue weighted by Crippen LogP contribution is 2.42. The first-order valence-corrected chi connectivity index (χ1v) is 5.14. The van der Waals surface area contributed by atoms with Crippen molar-refractivity contribution in [3.8, 4) is 0 Å². The highest BCUT2D eigenvalue weighted by Gasteiger charge is 2.41. The first-order valence-electron chi connectivity index (χ1n) is 4.38. The van der Waals surface area contributed by atoms with E-state index in [0.29, 0.717) is 15.7 Å². The maximum Gasteiger partial charge on any atom is 0.404 e. The fraction of sp³-hybridized carbons (Fsp3) is 0.333. The summed E-state index contributed by atoms with van der Waals surface area (Å²) in [6.07, 6.45) is 1.23. The lowest BCUT2D eigenvalue weighted by Gasteiger charge is -2.02. The topological polar surface area (TPSA) is 62.2 Å². The van der Waals surface area contributed by atoms with Gasteiger partial charge in [-0.2, -0.15) is 0 Å². The molecule has 1 amide bonds. The lowest BCUT2D eigenvalue weighted by molar-refractivity contribution is 0.193. The van der Waals surface area contributed by atoms with Crippen molar-refractivity contribution in [2.45, 2.75) is 18.4 Å². The highest BCUT2D eigenvalue weighted by molar-refractivity contribution is 6.34. The Kier molecular flexibility index (Phi) is 2.71. The summed E-state index contributed by atoms with van der Waals surface area (Å²) >= 11 is 11.7. The average Bonchev–Trinajstić information content (AvgIpc) is 2.82. The molecule has 0 bridgehead atoms. The SMILES string of the molecule is O=C(O)NC1CC1c1ncc(Cl)cc1Cl. The summed E-state index contributed by atoms with van der Waals surface area (Å²) in [6.45, 7) is 0. The quantitative estimate of drug-likeness (QED) is 0.843. The number of carbonyl (C=O) groups is 1. The van der Waals surface area contributed by atoms with Crippen molar-refractivity contribution in [2.24, 2.45) is 0 Å². The number of hydrogen-bond donors (Lipinski definition) is 2. The van der Waals surface area contributed by atoms with Crippen LogP contribution in [-0.4, -0.2) is 22.2 Å². The fourth-order valence-electron chi connectivity index (χ4n) is 1.51. The fourth-order valence-corrected chi connectivity index (χ4v) is 2.03. The Morgan fingerprint density at radius 3 is 2.93 bits per heavy atom. The smallest absolute Gasteiger partial charge is 0.404 e. The summed E-state index contributed by atoms with van der Waals surface area (Å²) in [5.41, 5.74) is 0.708. The van der Waals surface area contributed by atoms with Gasteiger partial charge in [-0.3, -0.25) is 4.98 Å². The summed E-state index contributed by atoms with van der Waals surface area (Å²) in [4.78, 5) is 14.5. The number of rotatable bonds is 2. The Bertz CT molecular complexity index is 411. The van der Waals surface area contributed by atoms with E-state index in [1.54, 1.807) is 6.07 Å². The van der Waals surface area contributed by atoms with Crippen molar-refractivity contribution >= 4 is 29.3 Å². The average molecular weight is 247 g/mol. The van der Waals surface area contributed by atoms with Crippen LogP contribution in [0, 0.1) is 0 Å². The molecule has 2 atom stereocenters. The maximum atomic E-state index is 10.4. The van der Waals surface area contributed by atoms with Crippen LogP contribution in [0.3, 0.4) is 0 Å². The third kappa shape index (κ3) is 2.33. The zero-order chi connectivity index (χ0) is 11.0. The normalized spacial score (nSPS) is 23.6. The Morgan fingerprint density at radius 2 is 2.33 bits per heavy atom. The van der Waals surface area contributed by atoms with E-state index in [1.807, 2.05) is 0 Å². The molecule has 0 aromatic carbocycles. The minimum Gasteiger partial charge on any atom is -0.465 e. The summed E-state index contributed by atoms with van der Waals surface area (Å²) < 4.78 is 0. The molecule has 6 heteroatoms. The first-order chi connectivity index (χ1) is 7.08. The summed E-state index contributed by atoms with van der Waals surface area (Å²) in [5, 5.41) is 11.9. The molecular formula is C9H8Cl2N2O2. The highest BCUT2D eigenvalue weighted by atomic mass is 35.5. The van der Waals surface area contributed by atoms with Crippen molar-refractivity contribution in [3.05, 3.63) is 28.0 Å². The number of nitrogens with one attached hydrogen (secondary N) is 1. The van der Waals surface area contributed by atoms with Crippen LogP contribution < -0.4 is 5.32 Å². The second-order valence-corrected chi connectivity index (χ2v) is 4.26. The monoisotopic (exact) mass is 246 g/mol. The molecule has 1 aromatic heterocycles. The Hall–Kier alpha value is -1.000. The number of halogens is 2. The Morgan fingerprint density at radius 1 is 1.60 bits per heavy atom. The van der Waals surface area contributed by atoms with E-state index >= 15 is 0 Å². The summed E-state index contributed by atoms with van der Waals surface area (Å²) in [6, 6.07) is 1.54. The number of nitrogens with zero attached hydrogens (tertiary/aromatic N) is 1. The molecule has 0 spiro atoms. The minimum atomic E-state index is -1.02. The van der Waals surface area contributed by atoms with Gasteiger partial charge in [0.25, 0.3) is 0 Å². The molecule has 1 fully saturated rings. The van der Waals surface area contributed by atoms with Gasteiger partial charge in [-0.15, -0.1) is 0 Å². The molecule has 4 nitrogen and oxygen atoms in total. The number of hydrogen-bond acceptors (Lipinski definition) is 2. The third-order valence-electron chi connectivity index (χ3n) is 2.29. The van der Waals surface area contributed by atoms with Crippen molar-refractivity contribution in [1.82, 2.24) is 10.3 Å². The van der Waals surface area contributed by atoms with Gasteiger partial charge >= 0.3 is 6.09 Å². The molecule has 80 valence electrons. The predicted octanol–water partition coefficient (Wildman–Crippen LogP) is 2.51. The van der Waals surface area contributed by atoms with Gasteiger partial charge in [0.15, 0.2) is 0 Å². The zero-order valence-electron chi connectivity index (χ0n) is 7.58. The van der Waals surface area contributed by atoms with Gasteiger partial charge in [0.05, 0.1) is 15.7 Å². The van der Waals surface area contributed by atoms with Crippen LogP contribution in [0.15, 0.2) is 12.3 Å². The summed E-state index contributed by atoms with van der Waals surface area (Å²) in [7, 11) is 0. The third-order valence-corrected chi connectivity index (χ3v) is 2.80. The van der Waals surface area contributed by atoms with E-state index in [0.717, 1.165) is 6.42 Å². The second-order valence-electron chi connectivity index (χ2n) is 3.42. The molecule has 1 saturated carbocycles. The summed E-state index contributed by atoms with van der Waals surface area (Å²) in [5.74, 6) is 0.0749. The van der Waals surface area contributed by atoms with Crippen molar-refractivity contribution in [3.63, 3.8) is 0 Å². The maximum absolute atomic E-state index is 10.4. The molecular weight excluding hydrogens is 239 g/mol. The lowest BCUT2D eigenvalue weighted by atomic mass is 10.2. The van der Waals surface area contributed by atoms with Gasteiger partial charge in [-0.1, -0.05) is 23.2 Å². The molecule has 2 N–H and O–H groups in total. The van der Waals surface area contributed by atoms with Crippen molar-refractivity contribution in [2.75, 3.05) is 0 Å². The number of carboxylic acid groups (broad SMARTS) is 1. The van der Waals surface area contributed by atoms with Gasteiger partial charge in [-0.05, 0) is 12.5 Å². The molecule has 1 aliphatic rings. The van der Waals surface area contributed by atoms with Crippen LogP contribution in [0.1, 0.15) is 18.0 Å². The van der Waals surface area contributed by atoms with Crippen molar-refractivity contribution < 1.29 is 9.90 Å². The number of pyridine rings is 1. The largest absolute Gasteiger partial charge is 0.465 e. The van der Waals surface area contributed by atoms with Crippen LogP contribution in [0.5, 0.6) is 0 Å². The van der Waals surface area contributed by atoms with E-state index in [2.05, 4.69) is 10.3 Å².